The molecule has 1 saturated heterocycles. The second-order valence-corrected chi connectivity index (χ2v) is 8.30. The molecule has 0 unspecified atom stereocenters. The van der Waals surface area contributed by atoms with Crippen molar-refractivity contribution in [3.63, 3.8) is 0 Å². The van der Waals surface area contributed by atoms with Crippen LogP contribution in [0.4, 0.5) is 0 Å². The number of fused-ring (bicyclic) bond motifs is 1. The molecule has 3 heterocycles. The maximum atomic E-state index is 12.2. The van der Waals surface area contributed by atoms with Gasteiger partial charge in [0, 0.05) is 0 Å². The smallest absolute Gasteiger partial charge is 0.323 e. The average Bonchev–Trinajstić information content (AvgIpc) is 2.92. The van der Waals surface area contributed by atoms with Crippen LogP contribution in [0.2, 0.25) is 0 Å². The highest BCUT2D eigenvalue weighted by Crippen LogP contribution is 2.49. The van der Waals surface area contributed by atoms with Crippen LogP contribution < -0.4 is 9.47 Å². The van der Waals surface area contributed by atoms with Crippen molar-refractivity contribution in [3.8, 4) is 11.5 Å². The van der Waals surface area contributed by atoms with Crippen molar-refractivity contribution < 1.29 is 24.2 Å². The molecule has 0 aliphatic carbocycles. The number of thiophene rings is 1. The van der Waals surface area contributed by atoms with Crippen molar-refractivity contribution in [1.82, 2.24) is 4.90 Å². The number of carbonyl (C=O) groups excluding carboxylic acids is 1. The number of thioether (sulfide) groups is 1. The third-order valence-electron chi connectivity index (χ3n) is 2.81. The topological polar surface area (TPSA) is 76.1 Å². The van der Waals surface area contributed by atoms with Gasteiger partial charge in [-0.3, -0.25) is 14.5 Å². The second kappa shape index (κ2) is 6.19. The van der Waals surface area contributed by atoms with Gasteiger partial charge in [-0.15, -0.1) is 11.3 Å². The minimum Gasteiger partial charge on any atom is -0.485 e. The minimum atomic E-state index is -1.11. The summed E-state index contributed by atoms with van der Waals surface area (Å²) in [5, 5.41) is 8.82. The lowest BCUT2D eigenvalue weighted by Gasteiger charge is -2.15. The van der Waals surface area contributed by atoms with Gasteiger partial charge in [-0.2, -0.15) is 0 Å². The van der Waals surface area contributed by atoms with Crippen LogP contribution in [-0.2, 0) is 9.59 Å². The predicted octanol–water partition coefficient (Wildman–Crippen LogP) is 2.57. The van der Waals surface area contributed by atoms with Gasteiger partial charge in [0.25, 0.3) is 5.91 Å². The summed E-state index contributed by atoms with van der Waals surface area (Å²) in [6.07, 6.45) is 1.66. The molecule has 0 radical (unpaired) electrons. The van der Waals surface area contributed by atoms with E-state index in [-0.39, 0.29) is 4.32 Å². The Morgan fingerprint density at radius 1 is 1.41 bits per heavy atom. The number of nitrogens with zero attached hydrogens (tertiary/aromatic N) is 1. The summed E-state index contributed by atoms with van der Waals surface area (Å²) >= 11 is 10.9. The SMILES string of the molecule is O=C(O)CN1C(=O)C(=Cc2sc(Br)c3c2OCCO3)SC1=S. The zero-order valence-corrected chi connectivity index (χ0v) is 14.9. The standard InChI is InChI=1S/C12H8BrNO5S3/c13-10-9-8(18-1-2-19-9)5(21-10)3-6-11(17)14(4-7(15)16)12(20)22-6/h3H,1-2,4H2,(H,15,16). The molecular weight excluding hydrogens is 414 g/mol. The first kappa shape index (κ1) is 15.8. The molecule has 116 valence electrons. The Bertz CT molecular complexity index is 714. The van der Waals surface area contributed by atoms with Crippen LogP contribution in [0.15, 0.2) is 8.69 Å². The summed E-state index contributed by atoms with van der Waals surface area (Å²) in [5.41, 5.74) is 0. The largest absolute Gasteiger partial charge is 0.485 e. The van der Waals surface area contributed by atoms with E-state index in [0.29, 0.717) is 29.6 Å². The van der Waals surface area contributed by atoms with Gasteiger partial charge in [-0.25, -0.2) is 0 Å². The van der Waals surface area contributed by atoms with Gasteiger partial charge in [-0.05, 0) is 22.0 Å². The molecule has 1 fully saturated rings. The van der Waals surface area contributed by atoms with Crippen molar-refractivity contribution in [2.45, 2.75) is 0 Å². The summed E-state index contributed by atoms with van der Waals surface area (Å²) in [6, 6.07) is 0. The van der Waals surface area contributed by atoms with Crippen molar-refractivity contribution in [3.05, 3.63) is 13.6 Å². The van der Waals surface area contributed by atoms with Crippen LogP contribution in [-0.4, -0.2) is 46.0 Å². The molecule has 0 spiro atoms. The normalized spacial score (nSPS) is 19.1. The Balaban J connectivity index is 1.92. The molecule has 1 aromatic heterocycles. The molecule has 0 bridgehead atoms. The van der Waals surface area contributed by atoms with Gasteiger partial charge in [0.15, 0.2) is 11.5 Å². The van der Waals surface area contributed by atoms with Crippen molar-refractivity contribution >= 4 is 73.5 Å². The highest BCUT2D eigenvalue weighted by molar-refractivity contribution is 9.11. The van der Waals surface area contributed by atoms with E-state index in [4.69, 9.17) is 26.8 Å². The molecule has 1 N–H and O–H groups in total. The number of hydrogen-bond acceptors (Lipinski definition) is 7. The van der Waals surface area contributed by atoms with Crippen molar-refractivity contribution in [2.24, 2.45) is 0 Å². The first-order chi connectivity index (χ1) is 10.5. The quantitative estimate of drug-likeness (QED) is 0.593. The number of thiocarbonyl (C=S) groups is 1. The molecule has 0 saturated carbocycles. The van der Waals surface area contributed by atoms with Crippen LogP contribution in [0.25, 0.3) is 6.08 Å². The highest BCUT2D eigenvalue weighted by Gasteiger charge is 2.34. The van der Waals surface area contributed by atoms with Gasteiger partial charge in [0.05, 0.1) is 9.78 Å². The zero-order chi connectivity index (χ0) is 15.9. The van der Waals surface area contributed by atoms with E-state index in [1.54, 1.807) is 6.08 Å². The number of aliphatic carboxylic acids is 1. The fourth-order valence-corrected chi connectivity index (χ4v) is 4.91. The van der Waals surface area contributed by atoms with E-state index in [1.807, 2.05) is 0 Å². The summed E-state index contributed by atoms with van der Waals surface area (Å²) in [6.45, 7) is 0.480. The highest BCUT2D eigenvalue weighted by atomic mass is 79.9. The third kappa shape index (κ3) is 2.87. The molecular formula is C12H8BrNO5S3. The molecule has 10 heteroatoms. The lowest BCUT2D eigenvalue weighted by atomic mass is 10.3. The van der Waals surface area contributed by atoms with Crippen LogP contribution in [0.5, 0.6) is 11.5 Å². The molecule has 2 aliphatic heterocycles. The number of halogens is 1. The van der Waals surface area contributed by atoms with E-state index in [2.05, 4.69) is 15.9 Å². The predicted molar refractivity (Wildman–Crippen MR) is 90.5 cm³/mol. The van der Waals surface area contributed by atoms with Crippen molar-refractivity contribution in [2.75, 3.05) is 19.8 Å². The summed E-state index contributed by atoms with van der Waals surface area (Å²) in [7, 11) is 0. The van der Waals surface area contributed by atoms with Gasteiger partial charge < -0.3 is 14.6 Å². The number of carboxylic acid groups (broad SMARTS) is 1. The minimum absolute atomic E-state index is 0.236. The Labute approximate surface area is 147 Å². The fourth-order valence-electron chi connectivity index (χ4n) is 1.92. The summed E-state index contributed by atoms with van der Waals surface area (Å²) < 4.78 is 12.1. The molecule has 0 aromatic carbocycles. The van der Waals surface area contributed by atoms with E-state index in [0.717, 1.165) is 25.3 Å². The Morgan fingerprint density at radius 2 is 2.09 bits per heavy atom. The molecule has 3 rings (SSSR count). The Morgan fingerprint density at radius 3 is 2.77 bits per heavy atom. The number of carboxylic acids is 1. The van der Waals surface area contributed by atoms with Crippen molar-refractivity contribution in [1.29, 1.82) is 0 Å². The van der Waals surface area contributed by atoms with Crippen LogP contribution in [0, 0.1) is 0 Å². The van der Waals surface area contributed by atoms with Crippen LogP contribution in [0.3, 0.4) is 0 Å². The van der Waals surface area contributed by atoms with E-state index in [9.17, 15) is 9.59 Å². The fraction of sp³-hybridized carbons (Fsp3) is 0.250. The van der Waals surface area contributed by atoms with Gasteiger partial charge >= 0.3 is 5.97 Å². The van der Waals surface area contributed by atoms with E-state index in [1.165, 1.54) is 11.3 Å². The lowest BCUT2D eigenvalue weighted by Crippen LogP contribution is -2.33. The first-order valence-electron chi connectivity index (χ1n) is 6.02. The summed E-state index contributed by atoms with van der Waals surface area (Å²) in [4.78, 5) is 25.2. The molecule has 1 aromatic rings. The average molecular weight is 422 g/mol. The van der Waals surface area contributed by atoms with Gasteiger partial charge in [0.1, 0.15) is 27.9 Å². The third-order valence-corrected chi connectivity index (χ3v) is 5.92. The Hall–Kier alpha value is -1.10. The molecule has 0 atom stereocenters. The zero-order valence-electron chi connectivity index (χ0n) is 10.8. The maximum Gasteiger partial charge on any atom is 0.323 e. The van der Waals surface area contributed by atoms with Crippen LogP contribution in [0.1, 0.15) is 4.88 Å². The summed E-state index contributed by atoms with van der Waals surface area (Å²) in [5.74, 6) is -0.298. The van der Waals surface area contributed by atoms with Gasteiger partial charge in [-0.1, -0.05) is 24.0 Å². The number of rotatable bonds is 3. The second-order valence-electron chi connectivity index (χ2n) is 4.26. The number of amides is 1. The first-order valence-corrected chi connectivity index (χ1v) is 8.86. The van der Waals surface area contributed by atoms with E-state index < -0.39 is 18.4 Å². The molecule has 22 heavy (non-hydrogen) atoms. The van der Waals surface area contributed by atoms with Crippen LogP contribution >= 0.6 is 51.2 Å². The lowest BCUT2D eigenvalue weighted by molar-refractivity contribution is -0.140. The maximum absolute atomic E-state index is 12.2. The van der Waals surface area contributed by atoms with E-state index >= 15 is 0 Å². The molecule has 1 amide bonds. The van der Waals surface area contributed by atoms with Gasteiger partial charge in [0.2, 0.25) is 0 Å². The molecule has 6 nitrogen and oxygen atoms in total. The number of carbonyl (C=O) groups is 2. The molecule has 2 aliphatic rings. The monoisotopic (exact) mass is 421 g/mol. The number of hydrogen-bond donors (Lipinski definition) is 1. The Kier molecular flexibility index (Phi) is 4.44. The number of ether oxygens (including phenoxy) is 2.